The standard InChI is InChI=1S/C21H8BrF6NO5S/c22-10-6-14(30)13(7-11(10)23)29-12-3-2-9(5-8(12)1-4-15(29)31)35(32,33)34-21-19(27)17(25)16(24)18(26)20(21)28/h1-7,30H. The molecule has 1 N–H and O–H groups in total. The molecule has 0 saturated heterocycles. The quantitative estimate of drug-likeness (QED) is 0.158. The summed E-state index contributed by atoms with van der Waals surface area (Å²) in [6.45, 7) is 0. The largest absolute Gasteiger partial charge is 0.506 e. The van der Waals surface area contributed by atoms with E-state index < -0.39 is 67.0 Å². The monoisotopic (exact) mass is 579 g/mol. The summed E-state index contributed by atoms with van der Waals surface area (Å²) in [5.74, 6) is -15.6. The Balaban J connectivity index is 1.86. The fourth-order valence-corrected chi connectivity index (χ4v) is 4.45. The molecule has 0 unspecified atom stereocenters. The number of nitrogens with zero attached hydrogens (tertiary/aromatic N) is 1. The second-order valence-corrected chi connectivity index (χ2v) is 9.32. The molecule has 0 bridgehead atoms. The Labute approximate surface area is 199 Å². The molecule has 35 heavy (non-hydrogen) atoms. The molecule has 0 saturated carbocycles. The minimum Gasteiger partial charge on any atom is -0.506 e. The maximum absolute atomic E-state index is 14.0. The second kappa shape index (κ2) is 8.61. The maximum atomic E-state index is 14.0. The van der Waals surface area contributed by atoms with E-state index in [2.05, 4.69) is 20.1 Å². The first kappa shape index (κ1) is 24.6. The normalized spacial score (nSPS) is 11.7. The number of phenols is 1. The summed E-state index contributed by atoms with van der Waals surface area (Å²) in [6, 6.07) is 6.67. The number of halogens is 7. The zero-order valence-electron chi connectivity index (χ0n) is 16.6. The van der Waals surface area contributed by atoms with Gasteiger partial charge in [0.25, 0.3) is 5.56 Å². The van der Waals surface area contributed by atoms with E-state index in [-0.39, 0.29) is 21.1 Å². The highest BCUT2D eigenvalue weighted by Gasteiger charge is 2.31. The van der Waals surface area contributed by atoms with Crippen molar-refractivity contribution in [1.82, 2.24) is 4.57 Å². The molecule has 3 aromatic carbocycles. The average molecular weight is 580 g/mol. The van der Waals surface area contributed by atoms with Gasteiger partial charge in [-0.25, -0.2) is 17.6 Å². The van der Waals surface area contributed by atoms with Crippen LogP contribution in [0.1, 0.15) is 0 Å². The van der Waals surface area contributed by atoms with Gasteiger partial charge in [-0.2, -0.15) is 17.2 Å². The van der Waals surface area contributed by atoms with Gasteiger partial charge in [0.1, 0.15) is 16.5 Å². The molecule has 0 amide bonds. The molecule has 0 atom stereocenters. The minimum absolute atomic E-state index is 0.00517. The van der Waals surface area contributed by atoms with Crippen LogP contribution in [-0.2, 0) is 10.1 Å². The molecule has 4 rings (SSSR count). The molecule has 0 aliphatic rings. The zero-order chi connectivity index (χ0) is 25.8. The topological polar surface area (TPSA) is 85.6 Å². The summed E-state index contributed by atoms with van der Waals surface area (Å²) in [6.07, 6.45) is 0. The third-order valence-electron chi connectivity index (χ3n) is 4.78. The fraction of sp³-hybridized carbons (Fsp3) is 0. The van der Waals surface area contributed by atoms with Crippen molar-refractivity contribution in [3.05, 3.63) is 92.2 Å². The van der Waals surface area contributed by atoms with Crippen molar-refractivity contribution in [3.8, 4) is 17.2 Å². The van der Waals surface area contributed by atoms with Gasteiger partial charge < -0.3 is 9.29 Å². The van der Waals surface area contributed by atoms with Crippen LogP contribution in [0.15, 0.2) is 56.6 Å². The van der Waals surface area contributed by atoms with Gasteiger partial charge in [-0.05, 0) is 46.3 Å². The van der Waals surface area contributed by atoms with Crippen LogP contribution >= 0.6 is 15.9 Å². The Morgan fingerprint density at radius 1 is 0.829 bits per heavy atom. The van der Waals surface area contributed by atoms with Gasteiger partial charge in [0.15, 0.2) is 0 Å². The number of aromatic hydroxyl groups is 1. The molecule has 0 aliphatic carbocycles. The lowest BCUT2D eigenvalue weighted by Gasteiger charge is -2.14. The predicted molar refractivity (Wildman–Crippen MR) is 113 cm³/mol. The van der Waals surface area contributed by atoms with Crippen LogP contribution in [0.25, 0.3) is 16.6 Å². The van der Waals surface area contributed by atoms with Gasteiger partial charge in [-0.15, -0.1) is 0 Å². The molecule has 4 aromatic rings. The van der Waals surface area contributed by atoms with Gasteiger partial charge in [-0.1, -0.05) is 0 Å². The lowest BCUT2D eigenvalue weighted by atomic mass is 10.2. The Kier molecular flexibility index (Phi) is 6.05. The van der Waals surface area contributed by atoms with Crippen LogP contribution < -0.4 is 9.74 Å². The van der Waals surface area contributed by atoms with Crippen molar-refractivity contribution in [2.45, 2.75) is 4.90 Å². The lowest BCUT2D eigenvalue weighted by molar-refractivity contribution is 0.346. The summed E-state index contributed by atoms with van der Waals surface area (Å²) in [4.78, 5) is 11.7. The van der Waals surface area contributed by atoms with Gasteiger partial charge in [-0.3, -0.25) is 9.36 Å². The minimum atomic E-state index is -5.14. The highest BCUT2D eigenvalue weighted by molar-refractivity contribution is 9.10. The first-order valence-electron chi connectivity index (χ1n) is 9.13. The van der Waals surface area contributed by atoms with Crippen LogP contribution in [0.3, 0.4) is 0 Å². The molecular weight excluding hydrogens is 572 g/mol. The maximum Gasteiger partial charge on any atom is 0.339 e. The number of pyridine rings is 1. The molecule has 182 valence electrons. The highest BCUT2D eigenvalue weighted by Crippen LogP contribution is 2.33. The first-order chi connectivity index (χ1) is 16.3. The third-order valence-corrected chi connectivity index (χ3v) is 6.60. The van der Waals surface area contributed by atoms with Crippen LogP contribution in [0, 0.1) is 34.9 Å². The van der Waals surface area contributed by atoms with E-state index in [9.17, 15) is 44.7 Å². The van der Waals surface area contributed by atoms with E-state index in [0.29, 0.717) is 0 Å². The average Bonchev–Trinajstić information content (AvgIpc) is 2.81. The van der Waals surface area contributed by atoms with E-state index >= 15 is 0 Å². The summed E-state index contributed by atoms with van der Waals surface area (Å²) in [7, 11) is -5.14. The number of hydrogen-bond donors (Lipinski definition) is 1. The molecule has 6 nitrogen and oxygen atoms in total. The van der Waals surface area contributed by atoms with Crippen molar-refractivity contribution in [2.75, 3.05) is 0 Å². The number of rotatable bonds is 4. The zero-order valence-corrected chi connectivity index (χ0v) is 19.0. The smallest absolute Gasteiger partial charge is 0.339 e. The van der Waals surface area contributed by atoms with Crippen LogP contribution in [-0.4, -0.2) is 18.1 Å². The number of benzene rings is 3. The van der Waals surface area contributed by atoms with Crippen molar-refractivity contribution in [2.24, 2.45) is 0 Å². The lowest BCUT2D eigenvalue weighted by Crippen LogP contribution is -2.18. The van der Waals surface area contributed by atoms with Gasteiger partial charge in [0, 0.05) is 17.5 Å². The van der Waals surface area contributed by atoms with Crippen molar-refractivity contribution in [3.63, 3.8) is 0 Å². The Bertz CT molecular complexity index is 1680. The molecular formula is C21H8BrF6NO5S. The number of phenolic OH excluding ortho intramolecular Hbond substituents is 1. The van der Waals surface area contributed by atoms with Crippen molar-refractivity contribution < 1.29 is 44.0 Å². The SMILES string of the molecule is O=c1ccc2cc(S(=O)(=O)Oc3c(F)c(F)c(F)c(F)c3F)ccc2n1-c1cc(F)c(Br)cc1O. The van der Waals surface area contributed by atoms with Crippen LogP contribution in [0.4, 0.5) is 26.3 Å². The van der Waals surface area contributed by atoms with E-state index in [1.165, 1.54) is 0 Å². The molecule has 0 fully saturated rings. The van der Waals surface area contributed by atoms with Gasteiger partial charge in [0.2, 0.25) is 34.8 Å². The third kappa shape index (κ3) is 4.12. The van der Waals surface area contributed by atoms with Crippen LogP contribution in [0.5, 0.6) is 11.5 Å². The van der Waals surface area contributed by atoms with Crippen LogP contribution in [0.2, 0.25) is 0 Å². The molecule has 0 radical (unpaired) electrons. The first-order valence-corrected chi connectivity index (χ1v) is 11.3. The number of hydrogen-bond acceptors (Lipinski definition) is 5. The molecule has 0 spiro atoms. The van der Waals surface area contributed by atoms with Gasteiger partial charge >= 0.3 is 10.1 Å². The molecule has 1 heterocycles. The molecule has 0 aliphatic heterocycles. The van der Waals surface area contributed by atoms with Crippen molar-refractivity contribution in [1.29, 1.82) is 0 Å². The second-order valence-electron chi connectivity index (χ2n) is 6.92. The Hall–Kier alpha value is -3.52. The van der Waals surface area contributed by atoms with E-state index in [0.717, 1.165) is 47.0 Å². The van der Waals surface area contributed by atoms with Gasteiger partial charge in [0.05, 0.1) is 15.7 Å². The number of fused-ring (bicyclic) bond motifs is 1. The summed E-state index contributed by atoms with van der Waals surface area (Å²) in [5, 5.41) is 10.2. The summed E-state index contributed by atoms with van der Waals surface area (Å²) >= 11 is 2.88. The summed E-state index contributed by atoms with van der Waals surface area (Å²) in [5.41, 5.74) is -1.04. The predicted octanol–water partition coefficient (Wildman–Crippen LogP) is 5.06. The van der Waals surface area contributed by atoms with E-state index in [1.807, 2.05) is 0 Å². The fourth-order valence-electron chi connectivity index (χ4n) is 3.15. The highest BCUT2D eigenvalue weighted by atomic mass is 79.9. The molecule has 14 heteroatoms. The number of aromatic nitrogens is 1. The van der Waals surface area contributed by atoms with Crippen molar-refractivity contribution >= 4 is 37.0 Å². The van der Waals surface area contributed by atoms with E-state index in [4.69, 9.17) is 0 Å². The Morgan fingerprint density at radius 2 is 1.43 bits per heavy atom. The summed E-state index contributed by atoms with van der Waals surface area (Å²) < 4.78 is 112. The molecule has 1 aromatic heterocycles. The Morgan fingerprint density at radius 3 is 2.06 bits per heavy atom. The van der Waals surface area contributed by atoms with E-state index in [1.54, 1.807) is 0 Å².